The Kier molecular flexibility index (Phi) is 7.60. The van der Waals surface area contributed by atoms with Crippen LogP contribution >= 0.6 is 38.9 Å². The molecule has 1 aliphatic heterocycles. The first kappa shape index (κ1) is 25.0. The molecule has 2 aromatic carbocycles. The van der Waals surface area contributed by atoms with Crippen molar-refractivity contribution in [1.82, 2.24) is 4.57 Å². The van der Waals surface area contributed by atoms with Gasteiger partial charge in [0.15, 0.2) is 4.80 Å². The SMILES string of the molecule is C#CCOc1ccc(Br)cc1/C=c1\sc2n(c1=O)[C@@H](c1ccccc1Cl)C(C(=O)OCC)=C(C)N=2. The first-order valence-electron chi connectivity index (χ1n) is 10.7. The second-order valence-corrected chi connectivity index (χ2v) is 9.83. The van der Waals surface area contributed by atoms with Gasteiger partial charge in [0.25, 0.3) is 5.56 Å². The van der Waals surface area contributed by atoms with Gasteiger partial charge >= 0.3 is 5.97 Å². The van der Waals surface area contributed by atoms with E-state index in [4.69, 9.17) is 27.5 Å². The Morgan fingerprint density at radius 3 is 2.83 bits per heavy atom. The molecule has 0 aliphatic carbocycles. The fourth-order valence-corrected chi connectivity index (χ4v) is 5.46. The number of halogens is 2. The Labute approximate surface area is 219 Å². The van der Waals surface area contributed by atoms with E-state index in [1.807, 2.05) is 18.2 Å². The lowest BCUT2D eigenvalue weighted by Crippen LogP contribution is -2.40. The first-order chi connectivity index (χ1) is 16.8. The quantitative estimate of drug-likeness (QED) is 0.328. The lowest BCUT2D eigenvalue weighted by Gasteiger charge is -2.25. The summed E-state index contributed by atoms with van der Waals surface area (Å²) in [5.74, 6) is 2.45. The van der Waals surface area contributed by atoms with Crippen molar-refractivity contribution in [1.29, 1.82) is 0 Å². The zero-order valence-corrected chi connectivity index (χ0v) is 22.0. The van der Waals surface area contributed by atoms with Crippen molar-refractivity contribution in [3.63, 3.8) is 0 Å². The van der Waals surface area contributed by atoms with Gasteiger partial charge in [-0.25, -0.2) is 9.79 Å². The molecule has 0 fully saturated rings. The number of terminal acetylenes is 1. The van der Waals surface area contributed by atoms with Crippen LogP contribution in [-0.4, -0.2) is 23.8 Å². The van der Waals surface area contributed by atoms with Crippen molar-refractivity contribution in [2.45, 2.75) is 19.9 Å². The number of fused-ring (bicyclic) bond motifs is 1. The van der Waals surface area contributed by atoms with E-state index in [1.165, 1.54) is 15.9 Å². The monoisotopic (exact) mass is 570 g/mol. The Morgan fingerprint density at radius 1 is 1.34 bits per heavy atom. The average molecular weight is 572 g/mol. The fraction of sp³-hybridized carbons (Fsp3) is 0.192. The van der Waals surface area contributed by atoms with Crippen LogP contribution in [0.3, 0.4) is 0 Å². The van der Waals surface area contributed by atoms with Crippen molar-refractivity contribution < 1.29 is 14.3 Å². The van der Waals surface area contributed by atoms with E-state index in [-0.39, 0.29) is 24.3 Å². The van der Waals surface area contributed by atoms with Gasteiger partial charge < -0.3 is 9.47 Å². The lowest BCUT2D eigenvalue weighted by molar-refractivity contribution is -0.139. The molecule has 1 aromatic heterocycles. The second-order valence-electron chi connectivity index (χ2n) is 7.50. The third kappa shape index (κ3) is 4.98. The van der Waals surface area contributed by atoms with E-state index < -0.39 is 12.0 Å². The van der Waals surface area contributed by atoms with Gasteiger partial charge in [0, 0.05) is 15.1 Å². The van der Waals surface area contributed by atoms with Crippen molar-refractivity contribution in [2.24, 2.45) is 4.99 Å². The maximum absolute atomic E-state index is 13.7. The van der Waals surface area contributed by atoms with Crippen molar-refractivity contribution in [3.05, 3.63) is 94.0 Å². The Bertz CT molecular complexity index is 1570. The predicted molar refractivity (Wildman–Crippen MR) is 140 cm³/mol. The molecule has 0 radical (unpaired) electrons. The topological polar surface area (TPSA) is 69.9 Å². The number of allylic oxidation sites excluding steroid dienone is 1. The van der Waals surface area contributed by atoms with Crippen LogP contribution in [0.2, 0.25) is 5.02 Å². The van der Waals surface area contributed by atoms with Crippen molar-refractivity contribution in [2.75, 3.05) is 13.2 Å². The van der Waals surface area contributed by atoms with Gasteiger partial charge in [0.05, 0.1) is 22.4 Å². The summed E-state index contributed by atoms with van der Waals surface area (Å²) in [5.41, 5.74) is 1.73. The smallest absolute Gasteiger partial charge is 0.338 e. The minimum Gasteiger partial charge on any atom is -0.480 e. The van der Waals surface area contributed by atoms with Crippen LogP contribution in [0.15, 0.2) is 68.0 Å². The third-order valence-electron chi connectivity index (χ3n) is 5.29. The summed E-state index contributed by atoms with van der Waals surface area (Å²) >= 11 is 11.2. The summed E-state index contributed by atoms with van der Waals surface area (Å²) in [5, 5.41) is 0.431. The average Bonchev–Trinajstić information content (AvgIpc) is 3.12. The molecule has 1 aliphatic rings. The van der Waals surface area contributed by atoms with Gasteiger partial charge in [0.2, 0.25) is 0 Å². The number of rotatable bonds is 6. The van der Waals surface area contributed by atoms with Gasteiger partial charge in [-0.05, 0) is 49.8 Å². The van der Waals surface area contributed by atoms with E-state index >= 15 is 0 Å². The van der Waals surface area contributed by atoms with Crippen molar-refractivity contribution in [3.8, 4) is 18.1 Å². The van der Waals surface area contributed by atoms with Gasteiger partial charge in [-0.1, -0.05) is 63.0 Å². The summed E-state index contributed by atoms with van der Waals surface area (Å²) in [4.78, 5) is 31.7. The van der Waals surface area contributed by atoms with Gasteiger partial charge in [-0.15, -0.1) is 6.42 Å². The van der Waals surface area contributed by atoms with Crippen molar-refractivity contribution >= 4 is 50.9 Å². The van der Waals surface area contributed by atoms with Gasteiger partial charge in [-0.2, -0.15) is 0 Å². The molecule has 0 unspecified atom stereocenters. The number of esters is 1. The minimum atomic E-state index is -0.777. The normalized spacial score (nSPS) is 15.3. The third-order valence-corrected chi connectivity index (χ3v) is 7.11. The molecule has 6 nitrogen and oxygen atoms in total. The molecule has 4 rings (SSSR count). The molecule has 9 heteroatoms. The number of hydrogen-bond acceptors (Lipinski definition) is 6. The maximum atomic E-state index is 13.7. The number of benzene rings is 2. The fourth-order valence-electron chi connectivity index (χ4n) is 3.81. The molecule has 0 amide bonds. The molecular formula is C26H20BrClN2O4S. The summed E-state index contributed by atoms with van der Waals surface area (Å²) in [6, 6.07) is 11.8. The molecule has 0 bridgehead atoms. The number of carbonyl (C=O) groups excluding carboxylic acids is 1. The number of thiazole rings is 1. The molecule has 0 saturated heterocycles. The molecule has 178 valence electrons. The van der Waals surface area contributed by atoms with E-state index in [0.29, 0.717) is 36.9 Å². The second kappa shape index (κ2) is 10.6. The van der Waals surface area contributed by atoms with E-state index in [0.717, 1.165) is 4.47 Å². The van der Waals surface area contributed by atoms with Crippen LogP contribution in [0.5, 0.6) is 5.75 Å². The predicted octanol–water partition coefficient (Wildman–Crippen LogP) is 4.23. The Morgan fingerprint density at radius 2 is 2.11 bits per heavy atom. The van der Waals surface area contributed by atoms with Crippen LogP contribution in [-0.2, 0) is 9.53 Å². The number of hydrogen-bond donors (Lipinski definition) is 0. The summed E-state index contributed by atoms with van der Waals surface area (Å²) in [7, 11) is 0. The summed E-state index contributed by atoms with van der Waals surface area (Å²) in [6.45, 7) is 3.75. The molecule has 0 spiro atoms. The van der Waals surface area contributed by atoms with Crippen LogP contribution in [0.25, 0.3) is 6.08 Å². The Hall–Kier alpha value is -3.12. The highest BCUT2D eigenvalue weighted by Gasteiger charge is 2.34. The summed E-state index contributed by atoms with van der Waals surface area (Å²) < 4.78 is 13.7. The van der Waals surface area contributed by atoms with E-state index in [2.05, 4.69) is 26.8 Å². The number of carbonyl (C=O) groups is 1. The molecule has 3 aromatic rings. The van der Waals surface area contributed by atoms with E-state index in [1.54, 1.807) is 44.2 Å². The highest BCUT2D eigenvalue weighted by Crippen LogP contribution is 2.34. The van der Waals surface area contributed by atoms with Gasteiger partial charge in [0.1, 0.15) is 18.4 Å². The van der Waals surface area contributed by atoms with Crippen LogP contribution < -0.4 is 19.6 Å². The van der Waals surface area contributed by atoms with Crippen LogP contribution in [0.1, 0.15) is 31.0 Å². The van der Waals surface area contributed by atoms with E-state index in [9.17, 15) is 9.59 Å². The largest absolute Gasteiger partial charge is 0.480 e. The zero-order valence-electron chi connectivity index (χ0n) is 18.9. The highest BCUT2D eigenvalue weighted by molar-refractivity contribution is 9.10. The lowest BCUT2D eigenvalue weighted by atomic mass is 9.96. The molecule has 1 atom stereocenters. The van der Waals surface area contributed by atoms with Crippen LogP contribution in [0.4, 0.5) is 0 Å². The molecule has 2 heterocycles. The zero-order chi connectivity index (χ0) is 25.1. The summed E-state index contributed by atoms with van der Waals surface area (Å²) in [6.07, 6.45) is 7.07. The molecule has 0 N–H and O–H groups in total. The Balaban J connectivity index is 1.97. The number of aromatic nitrogens is 1. The first-order valence-corrected chi connectivity index (χ1v) is 12.6. The molecule has 35 heavy (non-hydrogen) atoms. The highest BCUT2D eigenvalue weighted by atomic mass is 79.9. The molecular weight excluding hydrogens is 552 g/mol. The maximum Gasteiger partial charge on any atom is 0.338 e. The number of ether oxygens (including phenoxy) is 2. The number of nitrogens with zero attached hydrogens (tertiary/aromatic N) is 2. The minimum absolute atomic E-state index is 0.0956. The van der Waals surface area contributed by atoms with Crippen LogP contribution in [0, 0.1) is 12.3 Å². The van der Waals surface area contributed by atoms with Gasteiger partial charge in [-0.3, -0.25) is 9.36 Å². The molecule has 0 saturated carbocycles. The standard InChI is InChI=1S/C26H20BrClN2O4S/c1-4-12-34-20-11-10-17(27)13-16(20)14-21-24(31)30-23(18-8-6-7-9-19(18)28)22(25(32)33-5-2)15(3)29-26(30)35-21/h1,6-11,13-14,23H,5,12H2,2-3H3/b21-14-/t23-/m0/s1.